The van der Waals surface area contributed by atoms with E-state index in [1.165, 1.54) is 4.31 Å². The van der Waals surface area contributed by atoms with Crippen LogP contribution in [0, 0.1) is 0 Å². The lowest BCUT2D eigenvalue weighted by Crippen LogP contribution is -2.25. The quantitative estimate of drug-likeness (QED) is 0.746. The number of nitrogens with zero attached hydrogens (tertiary/aromatic N) is 1. The zero-order chi connectivity index (χ0) is 12.0. The van der Waals surface area contributed by atoms with Crippen LogP contribution in [-0.4, -0.2) is 19.6 Å². The van der Waals surface area contributed by atoms with E-state index >= 15 is 0 Å². The predicted molar refractivity (Wildman–Crippen MR) is 65.4 cm³/mol. The molecule has 2 atom stereocenters. The lowest BCUT2D eigenvalue weighted by Gasteiger charge is -2.26. The monoisotopic (exact) mass is 240 g/mol. The van der Waals surface area contributed by atoms with Crippen molar-refractivity contribution in [2.24, 2.45) is 0 Å². The molecule has 0 radical (unpaired) electrons. The SMILES string of the molecule is CC.O=S([O-])N1CCC[C@H]1c1ccccc1. The Hall–Kier alpha value is -0.710. The molecule has 1 aromatic rings. The van der Waals surface area contributed by atoms with Gasteiger partial charge >= 0.3 is 0 Å². The van der Waals surface area contributed by atoms with Crippen LogP contribution in [0.4, 0.5) is 0 Å². The van der Waals surface area contributed by atoms with Crippen molar-refractivity contribution in [1.82, 2.24) is 4.31 Å². The molecule has 0 bridgehead atoms. The van der Waals surface area contributed by atoms with E-state index in [1.807, 2.05) is 44.2 Å². The van der Waals surface area contributed by atoms with E-state index < -0.39 is 11.3 Å². The topological polar surface area (TPSA) is 43.4 Å². The molecule has 0 saturated carbocycles. The van der Waals surface area contributed by atoms with Gasteiger partial charge in [-0.3, -0.25) is 4.21 Å². The zero-order valence-electron chi connectivity index (χ0n) is 9.76. The van der Waals surface area contributed by atoms with Gasteiger partial charge in [0, 0.05) is 23.9 Å². The highest BCUT2D eigenvalue weighted by atomic mass is 32.2. The van der Waals surface area contributed by atoms with Crippen LogP contribution in [0.25, 0.3) is 0 Å². The molecule has 1 heterocycles. The van der Waals surface area contributed by atoms with Crippen molar-refractivity contribution in [3.8, 4) is 0 Å². The molecule has 0 spiro atoms. The highest BCUT2D eigenvalue weighted by Gasteiger charge is 2.26. The fraction of sp³-hybridized carbons (Fsp3) is 0.500. The molecule has 2 rings (SSSR count). The summed E-state index contributed by atoms with van der Waals surface area (Å²) in [7, 11) is 0. The molecule has 1 saturated heterocycles. The lowest BCUT2D eigenvalue weighted by molar-refractivity contribution is 0.375. The van der Waals surface area contributed by atoms with E-state index in [0.29, 0.717) is 6.54 Å². The van der Waals surface area contributed by atoms with Crippen molar-refractivity contribution < 1.29 is 8.76 Å². The minimum absolute atomic E-state index is 0.0505. The average Bonchev–Trinajstić information content (AvgIpc) is 2.82. The fourth-order valence-corrected chi connectivity index (χ4v) is 2.64. The fourth-order valence-electron chi connectivity index (χ4n) is 1.93. The Kier molecular flexibility index (Phi) is 5.66. The molecule has 1 aliphatic heterocycles. The summed E-state index contributed by atoms with van der Waals surface area (Å²) in [5.74, 6) is 0. The van der Waals surface area contributed by atoms with Crippen LogP contribution in [0.1, 0.15) is 38.3 Å². The van der Waals surface area contributed by atoms with Crippen LogP contribution in [0.5, 0.6) is 0 Å². The van der Waals surface area contributed by atoms with Crippen molar-refractivity contribution in [3.63, 3.8) is 0 Å². The van der Waals surface area contributed by atoms with Gasteiger partial charge in [0.15, 0.2) is 0 Å². The molecule has 0 amide bonds. The summed E-state index contributed by atoms with van der Waals surface area (Å²) in [6.45, 7) is 4.65. The molecule has 4 heteroatoms. The third kappa shape index (κ3) is 3.14. The number of rotatable bonds is 2. The summed E-state index contributed by atoms with van der Waals surface area (Å²) in [5.41, 5.74) is 1.09. The lowest BCUT2D eigenvalue weighted by atomic mass is 10.1. The highest BCUT2D eigenvalue weighted by Crippen LogP contribution is 2.32. The van der Waals surface area contributed by atoms with Gasteiger partial charge in [0.2, 0.25) is 0 Å². The Morgan fingerprint density at radius 1 is 1.31 bits per heavy atom. The first-order chi connectivity index (χ1) is 7.79. The summed E-state index contributed by atoms with van der Waals surface area (Å²) in [6.07, 6.45) is 1.88. The maximum absolute atomic E-state index is 10.9. The Morgan fingerprint density at radius 3 is 2.50 bits per heavy atom. The van der Waals surface area contributed by atoms with Crippen LogP contribution in [0.3, 0.4) is 0 Å². The van der Waals surface area contributed by atoms with Gasteiger partial charge in [0.05, 0.1) is 0 Å². The predicted octanol–water partition coefficient (Wildman–Crippen LogP) is 2.64. The number of hydrogen-bond acceptors (Lipinski definition) is 2. The van der Waals surface area contributed by atoms with Crippen molar-refractivity contribution in [2.45, 2.75) is 32.7 Å². The molecule has 0 N–H and O–H groups in total. The maximum Gasteiger partial charge on any atom is 0.0465 e. The molecule has 0 aliphatic carbocycles. The van der Waals surface area contributed by atoms with E-state index in [9.17, 15) is 8.76 Å². The van der Waals surface area contributed by atoms with Crippen LogP contribution in [0.15, 0.2) is 30.3 Å². The molecular weight excluding hydrogens is 222 g/mol. The van der Waals surface area contributed by atoms with Gasteiger partial charge < -0.3 is 4.55 Å². The normalized spacial score (nSPS) is 22.3. The van der Waals surface area contributed by atoms with Crippen LogP contribution >= 0.6 is 0 Å². The van der Waals surface area contributed by atoms with E-state index in [0.717, 1.165) is 18.4 Å². The number of benzene rings is 1. The number of hydrogen-bond donors (Lipinski definition) is 0. The van der Waals surface area contributed by atoms with E-state index in [1.54, 1.807) is 0 Å². The molecule has 1 aromatic carbocycles. The molecule has 1 unspecified atom stereocenters. The first kappa shape index (κ1) is 13.4. The summed E-state index contributed by atoms with van der Waals surface area (Å²) in [6, 6.07) is 9.84. The third-order valence-corrected chi connectivity index (χ3v) is 3.40. The Bertz CT molecular complexity index is 329. The van der Waals surface area contributed by atoms with E-state index in [-0.39, 0.29) is 6.04 Å². The molecule has 3 nitrogen and oxygen atoms in total. The van der Waals surface area contributed by atoms with Gasteiger partial charge in [0.1, 0.15) is 0 Å². The Labute approximate surface area is 99.9 Å². The average molecular weight is 240 g/mol. The Morgan fingerprint density at radius 2 is 1.94 bits per heavy atom. The van der Waals surface area contributed by atoms with Crippen LogP contribution < -0.4 is 0 Å². The third-order valence-electron chi connectivity index (χ3n) is 2.58. The molecule has 16 heavy (non-hydrogen) atoms. The van der Waals surface area contributed by atoms with E-state index in [2.05, 4.69) is 0 Å². The van der Waals surface area contributed by atoms with Gasteiger partial charge in [-0.05, 0) is 18.4 Å². The molecule has 1 aliphatic rings. The molecule has 90 valence electrons. The van der Waals surface area contributed by atoms with Crippen molar-refractivity contribution in [2.75, 3.05) is 6.54 Å². The van der Waals surface area contributed by atoms with Crippen molar-refractivity contribution >= 4 is 11.3 Å². The largest absolute Gasteiger partial charge is 0.760 e. The molecule has 1 fully saturated rings. The first-order valence-corrected chi connectivity index (χ1v) is 6.73. The highest BCUT2D eigenvalue weighted by molar-refractivity contribution is 7.76. The summed E-state index contributed by atoms with van der Waals surface area (Å²) >= 11 is -2.09. The summed E-state index contributed by atoms with van der Waals surface area (Å²) in [5, 5.41) is 0. The zero-order valence-corrected chi connectivity index (χ0v) is 10.6. The van der Waals surface area contributed by atoms with Gasteiger partial charge in [-0.25, -0.2) is 4.31 Å². The second-order valence-corrected chi connectivity index (χ2v) is 4.33. The molecular formula is C12H18NO2S-. The van der Waals surface area contributed by atoms with Gasteiger partial charge in [-0.1, -0.05) is 44.2 Å². The minimum atomic E-state index is -2.09. The van der Waals surface area contributed by atoms with E-state index in [4.69, 9.17) is 0 Å². The standard InChI is InChI=1S/C10H13NO2S.C2H6/c12-14(13)11-8-4-7-10(11)9-5-2-1-3-6-9;1-2/h1-3,5-6,10H,4,7-8H2,(H,12,13);1-2H3/p-1/t10-;/m0./s1. The van der Waals surface area contributed by atoms with Crippen molar-refractivity contribution in [3.05, 3.63) is 35.9 Å². The smallest absolute Gasteiger partial charge is 0.0465 e. The molecule has 0 aromatic heterocycles. The maximum atomic E-state index is 10.9. The summed E-state index contributed by atoms with van der Waals surface area (Å²) in [4.78, 5) is 0. The summed E-state index contributed by atoms with van der Waals surface area (Å²) < 4.78 is 23.3. The van der Waals surface area contributed by atoms with Gasteiger partial charge in [0.25, 0.3) is 0 Å². The van der Waals surface area contributed by atoms with Gasteiger partial charge in [-0.2, -0.15) is 0 Å². The minimum Gasteiger partial charge on any atom is -0.760 e. The van der Waals surface area contributed by atoms with Gasteiger partial charge in [-0.15, -0.1) is 0 Å². The Balaban J connectivity index is 0.000000606. The van der Waals surface area contributed by atoms with Crippen molar-refractivity contribution in [1.29, 1.82) is 0 Å². The van der Waals surface area contributed by atoms with Crippen LogP contribution in [-0.2, 0) is 11.3 Å². The first-order valence-electron chi connectivity index (χ1n) is 5.70. The second-order valence-electron chi connectivity index (χ2n) is 3.43. The van der Waals surface area contributed by atoms with Crippen LogP contribution in [0.2, 0.25) is 0 Å². The second kappa shape index (κ2) is 6.78.